The van der Waals surface area contributed by atoms with Crippen molar-refractivity contribution in [2.24, 2.45) is 0 Å². The zero-order chi connectivity index (χ0) is 27.9. The number of carbonyl (C=O) groups is 2. The number of benzene rings is 1. The maximum atomic E-state index is 13.3. The third kappa shape index (κ3) is 6.79. The molecule has 4 rings (SSSR count). The van der Waals surface area contributed by atoms with E-state index in [1.807, 2.05) is 23.6 Å². The minimum Gasteiger partial charge on any atom is -0.490 e. The van der Waals surface area contributed by atoms with Gasteiger partial charge in [-0.25, -0.2) is 4.98 Å². The van der Waals surface area contributed by atoms with E-state index in [2.05, 4.69) is 30.7 Å². The molecular formula is C30H38ClN5O3. The van der Waals surface area contributed by atoms with Crippen molar-refractivity contribution in [1.29, 1.82) is 0 Å². The normalized spacial score (nSPS) is 16.5. The number of rotatable bonds is 10. The number of nitrogens with zero attached hydrogens (tertiary/aromatic N) is 4. The molecule has 0 unspecified atom stereocenters. The van der Waals surface area contributed by atoms with Crippen LogP contribution >= 0.6 is 11.6 Å². The molecule has 1 aliphatic rings. The molecule has 0 aliphatic carbocycles. The number of amides is 2. The molecule has 2 amide bonds. The highest BCUT2D eigenvalue weighted by atomic mass is 35.5. The van der Waals surface area contributed by atoms with Gasteiger partial charge in [0.1, 0.15) is 5.75 Å². The molecule has 39 heavy (non-hydrogen) atoms. The first-order valence-corrected chi connectivity index (χ1v) is 14.3. The van der Waals surface area contributed by atoms with Crippen LogP contribution in [0.5, 0.6) is 5.75 Å². The van der Waals surface area contributed by atoms with Crippen LogP contribution in [0.1, 0.15) is 80.9 Å². The van der Waals surface area contributed by atoms with Gasteiger partial charge in [0.25, 0.3) is 5.91 Å². The smallest absolute Gasteiger partial charge is 0.258 e. The lowest BCUT2D eigenvalue weighted by Gasteiger charge is -2.26. The van der Waals surface area contributed by atoms with E-state index in [9.17, 15) is 9.59 Å². The van der Waals surface area contributed by atoms with E-state index in [1.54, 1.807) is 23.2 Å². The molecule has 1 saturated heterocycles. The Kier molecular flexibility index (Phi) is 9.62. The van der Waals surface area contributed by atoms with Gasteiger partial charge < -0.3 is 14.2 Å². The summed E-state index contributed by atoms with van der Waals surface area (Å²) in [5.74, 6) is 0.651. The topological polar surface area (TPSA) is 89.4 Å². The van der Waals surface area contributed by atoms with Crippen molar-refractivity contribution in [3.05, 3.63) is 59.4 Å². The fourth-order valence-corrected chi connectivity index (χ4v) is 5.46. The Morgan fingerprint density at radius 2 is 2.10 bits per heavy atom. The highest BCUT2D eigenvalue weighted by molar-refractivity contribution is 6.35. The molecule has 0 bridgehead atoms. The lowest BCUT2D eigenvalue weighted by atomic mass is 10.1. The van der Waals surface area contributed by atoms with Crippen molar-refractivity contribution in [1.82, 2.24) is 19.4 Å². The average molecular weight is 552 g/mol. The number of hydrogen-bond donors (Lipinski definition) is 1. The summed E-state index contributed by atoms with van der Waals surface area (Å²) in [5, 5.41) is 3.50. The number of aromatic nitrogens is 3. The molecule has 3 heterocycles. The molecule has 3 aromatic rings. The van der Waals surface area contributed by atoms with Crippen LogP contribution < -0.4 is 10.1 Å². The molecule has 8 nitrogen and oxygen atoms in total. The van der Waals surface area contributed by atoms with Gasteiger partial charge >= 0.3 is 0 Å². The Hall–Kier alpha value is -3.39. The monoisotopic (exact) mass is 551 g/mol. The number of likely N-dealkylation sites (tertiary alicyclic amines) is 1. The minimum absolute atomic E-state index is 0.0926. The number of ether oxygens (including phenoxy) is 1. The Morgan fingerprint density at radius 3 is 2.82 bits per heavy atom. The average Bonchev–Trinajstić information content (AvgIpc) is 3.11. The van der Waals surface area contributed by atoms with Crippen LogP contribution in [-0.2, 0) is 4.79 Å². The van der Waals surface area contributed by atoms with Crippen molar-refractivity contribution < 1.29 is 14.3 Å². The van der Waals surface area contributed by atoms with Gasteiger partial charge in [-0.2, -0.15) is 0 Å². The second-order valence-electron chi connectivity index (χ2n) is 10.1. The summed E-state index contributed by atoms with van der Waals surface area (Å²) in [6, 6.07) is 7.00. The molecule has 2 atom stereocenters. The van der Waals surface area contributed by atoms with Crippen LogP contribution in [0.2, 0.25) is 5.02 Å². The summed E-state index contributed by atoms with van der Waals surface area (Å²) in [6.45, 7) is 10.9. The standard InChI is InChI=1S/C30H38ClN5O3/c1-5-8-12-23(6-2)39-24-17-25(31)28-26(18-24)33-30(34-29(38)21-13-14-32-20(4)16-21)36(28)22-11-9-10-15-35(19-22)27(37)7-3/h7,13-14,16-18,22-23H,3,5-6,8-12,15,19H2,1-2,4H3,(H,33,34,38)/t22-,23-/m1/s1. The van der Waals surface area contributed by atoms with E-state index < -0.39 is 0 Å². The molecule has 1 aliphatic heterocycles. The number of anilines is 1. The van der Waals surface area contributed by atoms with E-state index in [1.165, 1.54) is 6.08 Å². The maximum absolute atomic E-state index is 13.3. The zero-order valence-corrected chi connectivity index (χ0v) is 23.8. The first kappa shape index (κ1) is 28.6. The quantitative estimate of drug-likeness (QED) is 0.282. The van der Waals surface area contributed by atoms with Crippen molar-refractivity contribution in [2.75, 3.05) is 18.4 Å². The molecule has 1 fully saturated rings. The zero-order valence-electron chi connectivity index (χ0n) is 23.1. The van der Waals surface area contributed by atoms with Crippen molar-refractivity contribution >= 4 is 40.4 Å². The van der Waals surface area contributed by atoms with Gasteiger partial charge in [-0.15, -0.1) is 0 Å². The molecular weight excluding hydrogens is 514 g/mol. The first-order chi connectivity index (χ1) is 18.8. The number of hydrogen-bond acceptors (Lipinski definition) is 5. The number of pyridine rings is 1. The molecule has 0 saturated carbocycles. The third-order valence-electron chi connectivity index (χ3n) is 7.23. The van der Waals surface area contributed by atoms with Crippen LogP contribution in [0.15, 0.2) is 43.1 Å². The van der Waals surface area contributed by atoms with Crippen LogP contribution in [0, 0.1) is 6.92 Å². The van der Waals surface area contributed by atoms with E-state index in [4.69, 9.17) is 21.3 Å². The second-order valence-corrected chi connectivity index (χ2v) is 10.6. The number of aryl methyl sites for hydroxylation is 1. The maximum Gasteiger partial charge on any atom is 0.258 e. The number of nitrogens with one attached hydrogen (secondary N) is 1. The molecule has 0 radical (unpaired) electrons. The van der Waals surface area contributed by atoms with Crippen molar-refractivity contribution in [3.8, 4) is 5.75 Å². The Labute approximate surface area is 235 Å². The van der Waals surface area contributed by atoms with E-state index >= 15 is 0 Å². The van der Waals surface area contributed by atoms with Gasteiger partial charge in [0.2, 0.25) is 11.9 Å². The van der Waals surface area contributed by atoms with Crippen molar-refractivity contribution in [2.45, 2.75) is 77.9 Å². The molecule has 0 spiro atoms. The molecule has 1 aromatic carbocycles. The van der Waals surface area contributed by atoms with Crippen molar-refractivity contribution in [3.63, 3.8) is 0 Å². The molecule has 1 N–H and O–H groups in total. The molecule has 208 valence electrons. The van der Waals surface area contributed by atoms with Gasteiger partial charge in [0, 0.05) is 42.7 Å². The second kappa shape index (κ2) is 13.1. The van der Waals surface area contributed by atoms with E-state index in [-0.39, 0.29) is 24.0 Å². The van der Waals surface area contributed by atoms with Gasteiger partial charge in [0.05, 0.1) is 28.2 Å². The summed E-state index contributed by atoms with van der Waals surface area (Å²) in [6.07, 6.45) is 9.75. The highest BCUT2D eigenvalue weighted by Gasteiger charge is 2.28. The summed E-state index contributed by atoms with van der Waals surface area (Å²) in [7, 11) is 0. The Bertz CT molecular complexity index is 1340. The SMILES string of the molecule is C=CC(=O)N1CCCC[C@@H](n2c(NC(=O)c3ccnc(C)c3)nc3cc(O[C@H](CC)CCCC)cc(Cl)c32)C1. The number of fused-ring (bicyclic) bond motifs is 1. The highest BCUT2D eigenvalue weighted by Crippen LogP contribution is 2.37. The fourth-order valence-electron chi connectivity index (χ4n) is 5.16. The van der Waals surface area contributed by atoms with Gasteiger partial charge in [-0.05, 0) is 57.2 Å². The van der Waals surface area contributed by atoms with Gasteiger partial charge in [-0.3, -0.25) is 19.9 Å². The molecule has 2 aromatic heterocycles. The predicted molar refractivity (Wildman–Crippen MR) is 156 cm³/mol. The van der Waals surface area contributed by atoms with Crippen LogP contribution in [-0.4, -0.2) is 50.4 Å². The number of imidazole rings is 1. The number of unbranched alkanes of at least 4 members (excludes halogenated alkanes) is 1. The Balaban J connectivity index is 1.77. The van der Waals surface area contributed by atoms with Crippen LogP contribution in [0.25, 0.3) is 11.0 Å². The third-order valence-corrected chi connectivity index (χ3v) is 7.52. The van der Waals surface area contributed by atoms with Gasteiger partial charge in [-0.1, -0.05) is 44.9 Å². The summed E-state index contributed by atoms with van der Waals surface area (Å²) in [4.78, 5) is 36.7. The van der Waals surface area contributed by atoms with Crippen LogP contribution in [0.4, 0.5) is 5.95 Å². The predicted octanol–water partition coefficient (Wildman–Crippen LogP) is 6.73. The Morgan fingerprint density at radius 1 is 1.28 bits per heavy atom. The van der Waals surface area contributed by atoms with E-state index in [0.717, 1.165) is 50.6 Å². The summed E-state index contributed by atoms with van der Waals surface area (Å²) < 4.78 is 8.29. The number of carbonyl (C=O) groups excluding carboxylic acids is 2. The summed E-state index contributed by atoms with van der Waals surface area (Å²) in [5.41, 5.74) is 2.58. The van der Waals surface area contributed by atoms with E-state index in [0.29, 0.717) is 46.4 Å². The fraction of sp³-hybridized carbons (Fsp3) is 0.467. The lowest BCUT2D eigenvalue weighted by molar-refractivity contribution is -0.126. The number of halogens is 1. The van der Waals surface area contributed by atoms with Gasteiger partial charge in [0.15, 0.2) is 0 Å². The summed E-state index contributed by atoms with van der Waals surface area (Å²) >= 11 is 6.91. The van der Waals surface area contributed by atoms with Crippen LogP contribution in [0.3, 0.4) is 0 Å². The minimum atomic E-state index is -0.289. The first-order valence-electron chi connectivity index (χ1n) is 13.9. The largest absolute Gasteiger partial charge is 0.490 e. The lowest BCUT2D eigenvalue weighted by Crippen LogP contribution is -2.34. The molecule has 9 heteroatoms.